The predicted octanol–water partition coefficient (Wildman–Crippen LogP) is 2.09. The van der Waals surface area contributed by atoms with Crippen molar-refractivity contribution in [3.63, 3.8) is 0 Å². The van der Waals surface area contributed by atoms with Crippen molar-refractivity contribution in [1.82, 2.24) is 10.2 Å². The number of methoxy groups -OCH3 is 1. The lowest BCUT2D eigenvalue weighted by atomic mass is 9.96. The second kappa shape index (κ2) is 8.88. The second-order valence-electron chi connectivity index (χ2n) is 5.98. The summed E-state index contributed by atoms with van der Waals surface area (Å²) < 4.78 is 45.6. The van der Waals surface area contributed by atoms with Crippen LogP contribution in [0.25, 0.3) is 0 Å². The third-order valence-electron chi connectivity index (χ3n) is 4.04. The molecule has 1 unspecified atom stereocenters. The van der Waals surface area contributed by atoms with E-state index >= 15 is 0 Å². The summed E-state index contributed by atoms with van der Waals surface area (Å²) >= 11 is 0. The predicted molar refractivity (Wildman–Crippen MR) is 86.2 cm³/mol. The maximum absolute atomic E-state index is 12.3. The van der Waals surface area contributed by atoms with Crippen molar-refractivity contribution >= 4 is 11.8 Å². The highest BCUT2D eigenvalue weighted by Gasteiger charge is 2.31. The topological polar surface area (TPSA) is 67.9 Å². The molecule has 1 saturated heterocycles. The van der Waals surface area contributed by atoms with Crippen LogP contribution < -0.4 is 10.1 Å². The number of ether oxygens (including phenoxy) is 2. The first-order valence-corrected chi connectivity index (χ1v) is 8.17. The normalized spacial score (nSPS) is 17.9. The van der Waals surface area contributed by atoms with Crippen LogP contribution in [0.3, 0.4) is 0 Å². The van der Waals surface area contributed by atoms with Crippen LogP contribution in [0.15, 0.2) is 24.3 Å². The number of rotatable bonds is 7. The molecule has 1 N–H and O–H groups in total. The third kappa shape index (κ3) is 6.21. The van der Waals surface area contributed by atoms with Gasteiger partial charge < -0.3 is 19.7 Å². The van der Waals surface area contributed by atoms with Gasteiger partial charge in [-0.2, -0.15) is 0 Å². The first-order chi connectivity index (χ1) is 12.3. The number of nitrogens with one attached hydrogen (secondary N) is 1. The fraction of sp³-hybridized carbons (Fsp3) is 0.529. The molecule has 1 aliphatic heterocycles. The summed E-state index contributed by atoms with van der Waals surface area (Å²) in [4.78, 5) is 25.7. The number of nitrogens with zero attached hydrogens (tertiary/aromatic N) is 1. The first kappa shape index (κ1) is 20.0. The van der Waals surface area contributed by atoms with Crippen LogP contribution in [0, 0.1) is 5.92 Å². The number of amides is 2. The van der Waals surface area contributed by atoms with Crippen LogP contribution in [0.2, 0.25) is 0 Å². The van der Waals surface area contributed by atoms with E-state index in [2.05, 4.69) is 10.1 Å². The molecule has 0 radical (unpaired) electrons. The van der Waals surface area contributed by atoms with Gasteiger partial charge in [0.2, 0.25) is 11.8 Å². The van der Waals surface area contributed by atoms with Crippen molar-refractivity contribution in [1.29, 1.82) is 0 Å². The minimum atomic E-state index is -4.76. The van der Waals surface area contributed by atoms with E-state index < -0.39 is 6.36 Å². The van der Waals surface area contributed by atoms with Gasteiger partial charge in [0.25, 0.3) is 0 Å². The number of benzene rings is 1. The number of hydrogen-bond acceptors (Lipinski definition) is 4. The van der Waals surface area contributed by atoms with E-state index in [0.29, 0.717) is 31.7 Å². The Hall–Kier alpha value is -2.29. The molecule has 26 heavy (non-hydrogen) atoms. The van der Waals surface area contributed by atoms with E-state index in [4.69, 9.17) is 4.74 Å². The van der Waals surface area contributed by atoms with Gasteiger partial charge in [-0.25, -0.2) is 0 Å². The van der Waals surface area contributed by atoms with Crippen molar-refractivity contribution in [2.24, 2.45) is 5.92 Å². The fourth-order valence-corrected chi connectivity index (χ4v) is 2.73. The minimum Gasteiger partial charge on any atom is -0.406 e. The van der Waals surface area contributed by atoms with Crippen molar-refractivity contribution in [2.45, 2.75) is 25.7 Å². The molecule has 1 aliphatic rings. The lowest BCUT2D eigenvalue weighted by Crippen LogP contribution is -2.46. The van der Waals surface area contributed by atoms with Gasteiger partial charge in [0, 0.05) is 33.2 Å². The van der Waals surface area contributed by atoms with Gasteiger partial charge in [-0.1, -0.05) is 12.1 Å². The zero-order valence-electron chi connectivity index (χ0n) is 14.3. The average molecular weight is 374 g/mol. The van der Waals surface area contributed by atoms with Gasteiger partial charge in [0.15, 0.2) is 0 Å². The molecule has 2 amide bonds. The maximum Gasteiger partial charge on any atom is 0.573 e. The Balaban J connectivity index is 1.88. The van der Waals surface area contributed by atoms with Crippen molar-refractivity contribution < 1.29 is 32.2 Å². The van der Waals surface area contributed by atoms with E-state index in [0.717, 1.165) is 0 Å². The second-order valence-corrected chi connectivity index (χ2v) is 5.98. The molecule has 0 bridgehead atoms. The molecule has 0 spiro atoms. The molecule has 1 heterocycles. The zero-order chi connectivity index (χ0) is 19.2. The largest absolute Gasteiger partial charge is 0.573 e. The Morgan fingerprint density at radius 3 is 2.85 bits per heavy atom. The number of carbonyl (C=O) groups is 2. The van der Waals surface area contributed by atoms with Gasteiger partial charge >= 0.3 is 6.36 Å². The van der Waals surface area contributed by atoms with Gasteiger partial charge in [-0.05, 0) is 24.1 Å². The number of likely N-dealkylation sites (tertiary alicyclic amines) is 1. The summed E-state index contributed by atoms with van der Waals surface area (Å²) in [7, 11) is 1.54. The summed E-state index contributed by atoms with van der Waals surface area (Å²) in [5.74, 6) is -0.928. The molecule has 1 aromatic rings. The summed E-state index contributed by atoms with van der Waals surface area (Å²) in [6.07, 6.45) is -4.02. The lowest BCUT2D eigenvalue weighted by Gasteiger charge is -2.31. The highest BCUT2D eigenvalue weighted by atomic mass is 19.4. The Bertz CT molecular complexity index is 637. The fourth-order valence-electron chi connectivity index (χ4n) is 2.73. The smallest absolute Gasteiger partial charge is 0.406 e. The van der Waals surface area contributed by atoms with Crippen LogP contribution in [0.4, 0.5) is 13.2 Å². The van der Waals surface area contributed by atoms with Gasteiger partial charge in [-0.15, -0.1) is 13.2 Å². The van der Waals surface area contributed by atoms with Crippen LogP contribution in [0.1, 0.15) is 18.4 Å². The quantitative estimate of drug-likeness (QED) is 0.794. The van der Waals surface area contributed by atoms with Gasteiger partial charge in [0.05, 0.1) is 12.5 Å². The average Bonchev–Trinajstić information content (AvgIpc) is 2.58. The molecule has 0 aliphatic carbocycles. The standard InChI is InChI=1S/C17H21F3N2O4/c1-25-8-7-22-11-13(5-6-15(22)23)16(24)21-10-12-3-2-4-14(9-12)26-17(18,19)20/h2-4,9,13H,5-8,10-11H2,1H3,(H,21,24). The van der Waals surface area contributed by atoms with Gasteiger partial charge in [0.1, 0.15) is 5.75 Å². The van der Waals surface area contributed by atoms with Crippen LogP contribution in [-0.2, 0) is 20.9 Å². The maximum atomic E-state index is 12.3. The molecule has 1 atom stereocenters. The number of piperidine rings is 1. The number of alkyl halides is 3. The van der Waals surface area contributed by atoms with E-state index in [1.165, 1.54) is 25.3 Å². The molecule has 144 valence electrons. The molecule has 6 nitrogen and oxygen atoms in total. The molecule has 1 fully saturated rings. The van der Waals surface area contributed by atoms with Crippen molar-refractivity contribution in [3.8, 4) is 5.75 Å². The molecule has 0 aromatic heterocycles. The zero-order valence-corrected chi connectivity index (χ0v) is 14.3. The van der Waals surface area contributed by atoms with Crippen molar-refractivity contribution in [3.05, 3.63) is 29.8 Å². The molecule has 1 aromatic carbocycles. The first-order valence-electron chi connectivity index (χ1n) is 8.17. The Kier molecular flexibility index (Phi) is 6.84. The highest BCUT2D eigenvalue weighted by Crippen LogP contribution is 2.23. The highest BCUT2D eigenvalue weighted by molar-refractivity contribution is 5.83. The SMILES string of the molecule is COCCN1CC(C(=O)NCc2cccc(OC(F)(F)F)c2)CCC1=O. The molecular weight excluding hydrogens is 353 g/mol. The van der Waals surface area contributed by atoms with Crippen LogP contribution >= 0.6 is 0 Å². The molecule has 9 heteroatoms. The van der Waals surface area contributed by atoms with E-state index in [1.807, 2.05) is 0 Å². The summed E-state index contributed by atoms with van der Waals surface area (Å²) in [5.41, 5.74) is 0.489. The van der Waals surface area contributed by atoms with Crippen LogP contribution in [0.5, 0.6) is 5.75 Å². The van der Waals surface area contributed by atoms with E-state index in [9.17, 15) is 22.8 Å². The summed E-state index contributed by atoms with van der Waals surface area (Å²) in [6.45, 7) is 1.21. The summed E-state index contributed by atoms with van der Waals surface area (Å²) in [6, 6.07) is 5.44. The molecule has 0 saturated carbocycles. The lowest BCUT2D eigenvalue weighted by molar-refractivity contribution is -0.274. The number of halogens is 3. The molecular formula is C17H21F3N2O4. The monoisotopic (exact) mass is 374 g/mol. The number of hydrogen-bond donors (Lipinski definition) is 1. The van der Waals surface area contributed by atoms with Crippen LogP contribution in [-0.4, -0.2) is 49.9 Å². The van der Waals surface area contributed by atoms with Gasteiger partial charge in [-0.3, -0.25) is 9.59 Å². The Morgan fingerprint density at radius 1 is 1.38 bits per heavy atom. The van der Waals surface area contributed by atoms with E-state index in [1.54, 1.807) is 11.0 Å². The molecule has 2 rings (SSSR count). The summed E-state index contributed by atoms with van der Waals surface area (Å²) in [5, 5.41) is 2.71. The Morgan fingerprint density at radius 2 is 2.15 bits per heavy atom. The minimum absolute atomic E-state index is 0.0110. The van der Waals surface area contributed by atoms with Crippen molar-refractivity contribution in [2.75, 3.05) is 26.8 Å². The Labute approximate surface area is 149 Å². The number of carbonyl (C=O) groups excluding carboxylic acids is 2. The van der Waals surface area contributed by atoms with E-state index in [-0.39, 0.29) is 36.4 Å². The third-order valence-corrected chi connectivity index (χ3v) is 4.04.